The number of nitrogens with one attached hydrogen (secondary N) is 1. The smallest absolute Gasteiger partial charge is 0.339 e. The Morgan fingerprint density at radius 3 is 2.68 bits per heavy atom. The summed E-state index contributed by atoms with van der Waals surface area (Å²) in [5, 5.41) is 39.8. The summed E-state index contributed by atoms with van der Waals surface area (Å²) >= 11 is 0. The van der Waals surface area contributed by atoms with E-state index in [0.717, 1.165) is 76.6 Å². The van der Waals surface area contributed by atoms with Crippen LogP contribution in [0.4, 0.5) is 0 Å². The van der Waals surface area contributed by atoms with Crippen molar-refractivity contribution in [3.8, 4) is 0 Å². The van der Waals surface area contributed by atoms with E-state index in [1.165, 1.54) is 37.7 Å². The molecule has 408 valence electrons. The summed E-state index contributed by atoms with van der Waals surface area (Å²) in [7, 11) is 0. The average Bonchev–Trinajstić information content (AvgIpc) is 2.72. The fourth-order valence-electron chi connectivity index (χ4n) is 25.4. The third-order valence-corrected chi connectivity index (χ3v) is 27.7. The molecule has 26 atom stereocenters. The van der Waals surface area contributed by atoms with Crippen LogP contribution in [0.5, 0.6) is 0 Å². The van der Waals surface area contributed by atoms with Crippen molar-refractivity contribution in [2.75, 3.05) is 26.4 Å². The number of aliphatic hydroxyl groups excluding tert-OH is 3. The molecule has 13 fully saturated rings. The Morgan fingerprint density at radius 1 is 0.947 bits per heavy atom. The third-order valence-electron chi connectivity index (χ3n) is 27.7. The minimum Gasteiger partial charge on any atom is -0.469 e. The number of ether oxygens (including phenoxy) is 4. The van der Waals surface area contributed by atoms with Crippen LogP contribution in [-0.4, -0.2) is 106 Å². The van der Waals surface area contributed by atoms with Crippen molar-refractivity contribution in [1.82, 2.24) is 10.2 Å². The maximum absolute atomic E-state index is 16.8. The molecule has 17 rings (SSSR count). The summed E-state index contributed by atoms with van der Waals surface area (Å²) in [5.74, 6) is 0.447. The fourth-order valence-corrected chi connectivity index (χ4v) is 25.4. The van der Waals surface area contributed by atoms with Gasteiger partial charge in [-0.3, -0.25) is 14.9 Å². The molecule has 13 heteroatoms. The zero-order valence-corrected chi connectivity index (χ0v) is 44.8. The van der Waals surface area contributed by atoms with E-state index in [-0.39, 0.29) is 60.0 Å². The first-order valence-corrected chi connectivity index (χ1v) is 30.5. The highest BCUT2D eigenvalue weighted by Crippen LogP contribution is 2.89. The van der Waals surface area contributed by atoms with Gasteiger partial charge in [0.2, 0.25) is 0 Å². The van der Waals surface area contributed by atoms with E-state index in [1.807, 2.05) is 6.07 Å². The second-order valence-electron chi connectivity index (χ2n) is 29.3. The van der Waals surface area contributed by atoms with Gasteiger partial charge in [0.15, 0.2) is 11.9 Å². The summed E-state index contributed by atoms with van der Waals surface area (Å²) in [6, 6.07) is 2.40. The molecule has 0 unspecified atom stereocenters. The molecule has 1 aromatic rings. The first-order chi connectivity index (χ1) is 36.7. The van der Waals surface area contributed by atoms with Gasteiger partial charge in [0.1, 0.15) is 35.8 Å². The number of Topliss-reactive ketones (excluding diaryl/α,β-unsaturated/α-hetero) is 1. The Balaban J connectivity index is 0.806. The van der Waals surface area contributed by atoms with Crippen molar-refractivity contribution in [3.63, 3.8) is 0 Å². The summed E-state index contributed by atoms with van der Waals surface area (Å²) in [6.45, 7) is 8.31. The number of furan rings is 1. The average molecular weight is 1040 g/mol. The molecule has 7 aliphatic heterocycles. The summed E-state index contributed by atoms with van der Waals surface area (Å²) in [6.07, 6.45) is 25.6. The Morgan fingerprint density at radius 2 is 1.82 bits per heavy atom. The number of hydrogen-bond donors (Lipinski definition) is 4. The van der Waals surface area contributed by atoms with Crippen LogP contribution in [0.2, 0.25) is 0 Å². The lowest BCUT2D eigenvalue weighted by molar-refractivity contribution is -0.281. The zero-order chi connectivity index (χ0) is 51.5. The Hall–Kier alpha value is -3.33. The van der Waals surface area contributed by atoms with Gasteiger partial charge in [-0.15, -0.1) is 0 Å². The number of allylic oxidation sites excluding steroid dienone is 2. The lowest BCUT2D eigenvalue weighted by atomic mass is 9.32. The van der Waals surface area contributed by atoms with E-state index in [9.17, 15) is 20.1 Å². The number of fused-ring (bicyclic) bond motifs is 5. The van der Waals surface area contributed by atoms with Crippen molar-refractivity contribution in [2.45, 2.75) is 177 Å². The fraction of sp³-hybridized carbons (Fsp3) is 0.794. The van der Waals surface area contributed by atoms with Crippen LogP contribution in [0, 0.1) is 104 Å². The molecular weight excluding hydrogens is 961 g/mol. The summed E-state index contributed by atoms with van der Waals surface area (Å²) in [4.78, 5) is 49.6. The number of carbonyl (C=O) groups is 3. The first-order valence-electron chi connectivity index (χ1n) is 30.5. The Bertz CT molecular complexity index is 2830. The molecule has 0 amide bonds. The topological polar surface area (TPSA) is 181 Å². The molecule has 5 saturated heterocycles. The van der Waals surface area contributed by atoms with E-state index in [4.69, 9.17) is 23.4 Å². The predicted octanol–water partition coefficient (Wildman–Crippen LogP) is 7.53. The van der Waals surface area contributed by atoms with Crippen molar-refractivity contribution in [1.29, 1.82) is 0 Å². The molecule has 5 bridgehead atoms. The number of nitrogens with zero attached hydrogens (tertiary/aromatic N) is 1. The molecule has 13 nitrogen and oxygen atoms in total. The number of epoxide rings is 1. The highest BCUT2D eigenvalue weighted by atomic mass is 16.7. The lowest BCUT2D eigenvalue weighted by Crippen LogP contribution is -2.80. The molecule has 0 radical (unpaired) electrons. The molecular formula is C63H80N2O11. The van der Waals surface area contributed by atoms with E-state index in [0.29, 0.717) is 60.7 Å². The Kier molecular flexibility index (Phi) is 9.47. The van der Waals surface area contributed by atoms with Crippen LogP contribution in [0.15, 0.2) is 52.8 Å². The molecule has 8 saturated carbocycles. The van der Waals surface area contributed by atoms with E-state index >= 15 is 9.59 Å². The molecule has 76 heavy (non-hydrogen) atoms. The normalized spacial score (nSPS) is 56.6. The number of aliphatic hydroxyl groups is 3. The number of rotatable bonds is 6. The second-order valence-corrected chi connectivity index (χ2v) is 29.3. The molecule has 0 aromatic carbocycles. The SMILES string of the molecule is C[C@@H]1[C@H]2CCCC[C@H]2CC[C@@]12C=CC[C@]13O[C@]45C(=C[C@@H]21)C[C@@H]1CCC[C@]12C[C@@H]1C[C@@]6(C)[C@H](c7ccoc7C[C@@H]([C@@H]7CC[C@@H]8[C@H](C=CN9CNC[C@@H]89)C7)[C@H](O)CO)OC(=O)[C@H]7O[C@]76[C@]6(C)[C@H](O)C(=O)[C@H]3[C@@]4(COC(=O)[C@H]25)[C@@H]16. The van der Waals surface area contributed by atoms with Gasteiger partial charge >= 0.3 is 11.9 Å². The molecule has 16 aliphatic rings. The highest BCUT2D eigenvalue weighted by Gasteiger charge is 2.97. The van der Waals surface area contributed by atoms with Gasteiger partial charge in [0, 0.05) is 46.7 Å². The van der Waals surface area contributed by atoms with Gasteiger partial charge in [0.25, 0.3) is 0 Å². The minimum atomic E-state index is -1.49. The van der Waals surface area contributed by atoms with Crippen LogP contribution < -0.4 is 5.32 Å². The van der Waals surface area contributed by atoms with Crippen LogP contribution in [0.3, 0.4) is 0 Å². The van der Waals surface area contributed by atoms with Gasteiger partial charge in [-0.25, -0.2) is 4.79 Å². The van der Waals surface area contributed by atoms with Crippen LogP contribution in [0.25, 0.3) is 0 Å². The Labute approximate surface area is 446 Å². The first kappa shape index (κ1) is 47.5. The molecule has 4 N–H and O–H groups in total. The largest absolute Gasteiger partial charge is 0.469 e. The summed E-state index contributed by atoms with van der Waals surface area (Å²) in [5.41, 5.74) is -5.39. The summed E-state index contributed by atoms with van der Waals surface area (Å²) < 4.78 is 35.7. The van der Waals surface area contributed by atoms with E-state index in [2.05, 4.69) is 61.5 Å². The van der Waals surface area contributed by atoms with Crippen molar-refractivity contribution < 1.29 is 53.1 Å². The monoisotopic (exact) mass is 1040 g/mol. The zero-order valence-electron chi connectivity index (χ0n) is 44.8. The van der Waals surface area contributed by atoms with E-state index < -0.39 is 86.6 Å². The highest BCUT2D eigenvalue weighted by molar-refractivity contribution is 5.94. The number of carbonyl (C=O) groups excluding carboxylic acids is 3. The van der Waals surface area contributed by atoms with Crippen molar-refractivity contribution >= 4 is 17.7 Å². The molecule has 1 aromatic heterocycles. The molecule has 8 heterocycles. The third kappa shape index (κ3) is 5.05. The number of esters is 2. The molecule has 9 aliphatic carbocycles. The standard InChI is InChI=1S/C63H80N2O11/c1-32-39-10-5-4-8-33(39)13-19-58(32)17-7-18-61-46(58)24-38-23-37-9-6-16-59(37)27-36-26-56(2)52(41-15-21-72-45(41)25-42(44(67)29-66)34-11-12-40-35(22-34)14-20-65-31-64-28-43(40)65)74-55(71)53-63(56,75-53)57(3)48(36)60(49(61)47(68)51(57)69)30-73-54(70)50(59)62(38,60)76-61/h7,14-15,17,20-21,24,32-37,39-40,42-44,46,48-53,64,66-67,69H,4-6,8-13,16,18-19,22-23,25-31H2,1-3H3/t32-,33+,34-,35-,36+,37+,39-,40-,42+,43+,44-,46+,48+,49+,50-,51-,52+,53-,56+,57+,58+,59+,60-,61+,62+,63-/m1/s1. The number of cyclic esters (lactones) is 2. The van der Waals surface area contributed by atoms with Gasteiger partial charge < -0.3 is 43.6 Å². The second kappa shape index (κ2) is 15.2. The number of hydrogen-bond acceptors (Lipinski definition) is 13. The molecule has 6 spiro atoms. The quantitative estimate of drug-likeness (QED) is 0.125. The maximum Gasteiger partial charge on any atom is 0.339 e. The van der Waals surface area contributed by atoms with Gasteiger partial charge in [0.05, 0.1) is 48.5 Å². The van der Waals surface area contributed by atoms with Crippen molar-refractivity contribution in [3.05, 3.63) is 59.7 Å². The van der Waals surface area contributed by atoms with Crippen molar-refractivity contribution in [2.24, 2.45) is 104 Å². The van der Waals surface area contributed by atoms with E-state index in [1.54, 1.807) is 6.26 Å². The predicted molar refractivity (Wildman–Crippen MR) is 274 cm³/mol. The minimum absolute atomic E-state index is 0.0475. The van der Waals surface area contributed by atoms with Gasteiger partial charge in [-0.1, -0.05) is 70.8 Å². The van der Waals surface area contributed by atoms with Gasteiger partial charge in [-0.2, -0.15) is 0 Å². The lowest BCUT2D eigenvalue weighted by Gasteiger charge is -2.70. The number of ketones is 1. The van der Waals surface area contributed by atoms with Crippen LogP contribution in [-0.2, 0) is 39.8 Å². The maximum atomic E-state index is 16.8. The van der Waals surface area contributed by atoms with Gasteiger partial charge in [-0.05, 0) is 159 Å². The van der Waals surface area contributed by atoms with Crippen LogP contribution in [0.1, 0.15) is 141 Å². The van der Waals surface area contributed by atoms with Crippen LogP contribution >= 0.6 is 0 Å².